The first kappa shape index (κ1) is 25.7. The fraction of sp³-hybridized carbons (Fsp3) is 0.250. The summed E-state index contributed by atoms with van der Waals surface area (Å²) in [5.41, 5.74) is -1.09. The van der Waals surface area contributed by atoms with Crippen molar-refractivity contribution in [2.45, 2.75) is 20.3 Å². The Kier molecular flexibility index (Phi) is 7.36. The van der Waals surface area contributed by atoms with Crippen LogP contribution in [-0.4, -0.2) is 45.2 Å². The number of esters is 2. The summed E-state index contributed by atoms with van der Waals surface area (Å²) in [6, 6.07) is 9.66. The zero-order valence-electron chi connectivity index (χ0n) is 19.1. The van der Waals surface area contributed by atoms with Crippen molar-refractivity contribution in [1.82, 2.24) is 14.2 Å². The van der Waals surface area contributed by atoms with E-state index in [1.807, 2.05) is 0 Å². The molecule has 0 saturated heterocycles. The number of hydrogen-bond donors (Lipinski definition) is 0. The van der Waals surface area contributed by atoms with Gasteiger partial charge in [-0.3, -0.25) is 24.0 Å². The molecule has 36 heavy (non-hydrogen) atoms. The second-order valence-electron chi connectivity index (χ2n) is 7.65. The molecule has 0 bridgehead atoms. The summed E-state index contributed by atoms with van der Waals surface area (Å²) < 4.78 is 12.5. The third kappa shape index (κ3) is 4.46. The fourth-order valence-electron chi connectivity index (χ4n) is 3.87. The van der Waals surface area contributed by atoms with Crippen LogP contribution in [0.1, 0.15) is 25.1 Å². The van der Waals surface area contributed by atoms with Gasteiger partial charge in [0.2, 0.25) is 0 Å². The van der Waals surface area contributed by atoms with E-state index in [4.69, 9.17) is 9.47 Å². The highest BCUT2D eigenvalue weighted by atomic mass is 79.9. The van der Waals surface area contributed by atoms with Crippen LogP contribution in [0.3, 0.4) is 0 Å². The third-order valence-electron chi connectivity index (χ3n) is 5.42. The molecule has 0 atom stereocenters. The lowest BCUT2D eigenvalue weighted by atomic mass is 10.1. The number of aromatic nitrogens is 3. The van der Waals surface area contributed by atoms with Crippen molar-refractivity contribution >= 4 is 77.0 Å². The Morgan fingerprint density at radius 3 is 2.14 bits per heavy atom. The van der Waals surface area contributed by atoms with Crippen LogP contribution in [0.25, 0.3) is 27.3 Å². The Morgan fingerprint density at radius 1 is 0.917 bits per heavy atom. The van der Waals surface area contributed by atoms with Gasteiger partial charge in [-0.2, -0.15) is 9.20 Å². The highest BCUT2D eigenvalue weighted by Gasteiger charge is 2.34. The zero-order valence-corrected chi connectivity index (χ0v) is 22.3. The summed E-state index contributed by atoms with van der Waals surface area (Å²) in [7, 11) is 0. The number of fused-ring (bicyclic) bond motifs is 4. The average molecular weight is 621 g/mol. The summed E-state index contributed by atoms with van der Waals surface area (Å²) in [5.74, 6) is -4.52. The predicted octanol–water partition coefficient (Wildman–Crippen LogP) is 3.46. The van der Waals surface area contributed by atoms with Crippen molar-refractivity contribution in [3.05, 3.63) is 66.1 Å². The van der Waals surface area contributed by atoms with E-state index in [-0.39, 0.29) is 29.6 Å². The number of hydrogen-bond acceptors (Lipinski definition) is 8. The highest BCUT2D eigenvalue weighted by molar-refractivity contribution is 9.11. The van der Waals surface area contributed by atoms with Crippen molar-refractivity contribution in [1.29, 1.82) is 0 Å². The maximum Gasteiger partial charge on any atom is 0.320 e. The second kappa shape index (κ2) is 10.3. The first-order valence-electron chi connectivity index (χ1n) is 10.9. The minimum atomic E-state index is -1.61. The molecule has 0 unspecified atom stereocenters. The Bertz CT molecular complexity index is 1660. The molecule has 12 heteroatoms. The minimum Gasteiger partial charge on any atom is -0.465 e. The Hall–Kier alpha value is -3.38. The molecule has 2 aromatic heterocycles. The summed E-state index contributed by atoms with van der Waals surface area (Å²) in [6.07, 6.45) is -0.752. The average Bonchev–Trinajstić information content (AvgIpc) is 2.84. The molecule has 0 radical (unpaired) electrons. The molecule has 4 rings (SSSR count). The maximum absolute atomic E-state index is 13.7. The first-order chi connectivity index (χ1) is 17.2. The Morgan fingerprint density at radius 2 is 1.53 bits per heavy atom. The van der Waals surface area contributed by atoms with Crippen LogP contribution < -0.4 is 11.1 Å². The monoisotopic (exact) mass is 619 g/mol. The first-order valence-corrected chi connectivity index (χ1v) is 12.5. The van der Waals surface area contributed by atoms with E-state index in [2.05, 4.69) is 36.8 Å². The molecular formula is C24H19Br2N3O7. The van der Waals surface area contributed by atoms with Crippen molar-refractivity contribution in [2.75, 3.05) is 13.2 Å². The van der Waals surface area contributed by atoms with Crippen molar-refractivity contribution in [2.24, 2.45) is 5.92 Å². The van der Waals surface area contributed by atoms with E-state index in [9.17, 15) is 24.0 Å². The number of carbonyl (C=O) groups is 3. The zero-order chi connectivity index (χ0) is 26.1. The van der Waals surface area contributed by atoms with Gasteiger partial charge in [0.15, 0.2) is 11.6 Å². The molecule has 2 aromatic carbocycles. The second-order valence-corrected chi connectivity index (χ2v) is 9.42. The van der Waals surface area contributed by atoms with Crippen molar-refractivity contribution in [3.63, 3.8) is 0 Å². The smallest absolute Gasteiger partial charge is 0.320 e. The molecular weight excluding hydrogens is 602 g/mol. The van der Waals surface area contributed by atoms with Gasteiger partial charge >= 0.3 is 11.9 Å². The maximum atomic E-state index is 13.7. The highest BCUT2D eigenvalue weighted by Crippen LogP contribution is 2.27. The van der Waals surface area contributed by atoms with Gasteiger partial charge in [0.1, 0.15) is 0 Å². The van der Waals surface area contributed by atoms with E-state index in [0.717, 1.165) is 4.52 Å². The number of rotatable bonds is 6. The van der Waals surface area contributed by atoms with E-state index >= 15 is 0 Å². The normalized spacial score (nSPS) is 11.4. The van der Waals surface area contributed by atoms with E-state index in [1.54, 1.807) is 38.1 Å². The van der Waals surface area contributed by atoms with Crippen LogP contribution >= 0.6 is 31.9 Å². The molecule has 0 N–H and O–H groups in total. The van der Waals surface area contributed by atoms with Crippen LogP contribution in [0.4, 0.5) is 0 Å². The van der Waals surface area contributed by atoms with Gasteiger partial charge in [-0.05, 0) is 48.0 Å². The van der Waals surface area contributed by atoms with Gasteiger partial charge in [-0.1, -0.05) is 34.1 Å². The van der Waals surface area contributed by atoms with Crippen LogP contribution in [0.5, 0.6) is 0 Å². The lowest BCUT2D eigenvalue weighted by molar-refractivity contribution is -0.161. The van der Waals surface area contributed by atoms with Gasteiger partial charge in [0.05, 0.1) is 35.9 Å². The SMILES string of the molecule is CCOC(=O)C(CC(=O)n1c(=O)c2ccccc2c2nc3c(Br)cc(Br)cc3c(=O)n21)C(=O)OCC. The van der Waals surface area contributed by atoms with E-state index in [0.29, 0.717) is 24.5 Å². The fourth-order valence-corrected chi connectivity index (χ4v) is 5.18. The molecule has 0 aliphatic heterocycles. The van der Waals surface area contributed by atoms with E-state index in [1.165, 1.54) is 12.1 Å². The van der Waals surface area contributed by atoms with Crippen LogP contribution in [0.2, 0.25) is 0 Å². The molecule has 186 valence electrons. The molecule has 0 aliphatic carbocycles. The summed E-state index contributed by atoms with van der Waals surface area (Å²) in [5, 5.41) is 0.624. The Labute approximate surface area is 220 Å². The molecule has 0 saturated carbocycles. The minimum absolute atomic E-state index is 0.0269. The lowest BCUT2D eigenvalue weighted by Crippen LogP contribution is -2.41. The summed E-state index contributed by atoms with van der Waals surface area (Å²) >= 11 is 6.74. The van der Waals surface area contributed by atoms with Gasteiger partial charge in [-0.25, -0.2) is 4.98 Å². The number of benzene rings is 2. The number of carbonyl (C=O) groups excluding carboxylic acids is 3. The van der Waals surface area contributed by atoms with Crippen molar-refractivity contribution in [3.8, 4) is 0 Å². The van der Waals surface area contributed by atoms with Gasteiger partial charge in [-0.15, -0.1) is 0 Å². The van der Waals surface area contributed by atoms with Crippen LogP contribution in [-0.2, 0) is 19.1 Å². The number of halogens is 2. The lowest BCUT2D eigenvalue weighted by Gasteiger charge is -2.17. The van der Waals surface area contributed by atoms with Gasteiger partial charge in [0, 0.05) is 14.3 Å². The quantitative estimate of drug-likeness (QED) is 0.139. The molecule has 4 aromatic rings. The van der Waals surface area contributed by atoms with Gasteiger partial charge in [0.25, 0.3) is 17.0 Å². The van der Waals surface area contributed by atoms with Crippen LogP contribution in [0.15, 0.2) is 54.9 Å². The van der Waals surface area contributed by atoms with E-state index < -0.39 is 41.3 Å². The van der Waals surface area contributed by atoms with Crippen molar-refractivity contribution < 1.29 is 23.9 Å². The Balaban J connectivity index is 2.04. The van der Waals surface area contributed by atoms with Crippen LogP contribution in [0, 0.1) is 5.92 Å². The largest absolute Gasteiger partial charge is 0.465 e. The number of ether oxygens (including phenoxy) is 2. The molecule has 0 aliphatic rings. The molecule has 0 spiro atoms. The summed E-state index contributed by atoms with van der Waals surface area (Å²) in [4.78, 5) is 70.2. The topological polar surface area (TPSA) is 126 Å². The molecule has 0 amide bonds. The third-order valence-corrected chi connectivity index (χ3v) is 6.48. The molecule has 0 fully saturated rings. The van der Waals surface area contributed by atoms with Gasteiger partial charge < -0.3 is 9.47 Å². The molecule has 10 nitrogen and oxygen atoms in total. The predicted molar refractivity (Wildman–Crippen MR) is 138 cm³/mol. The molecule has 2 heterocycles. The number of nitrogens with zero attached hydrogens (tertiary/aromatic N) is 3. The standard InChI is InChI=1S/C24H19Br2N3O7/c1-3-35-23(33)16(24(34)36-4-2)11-18(30)28-21(31)14-8-6-5-7-13(14)20-27-19-15(22(32)29(20)28)9-12(25)10-17(19)26/h5-10,16H,3-4,11H2,1-2H3. The summed E-state index contributed by atoms with van der Waals surface area (Å²) in [6.45, 7) is 3.05.